The van der Waals surface area contributed by atoms with Crippen LogP contribution in [0.4, 0.5) is 0 Å². The molecule has 8 heteroatoms. The molecule has 1 N–H and O–H groups in total. The Balaban J connectivity index is 1.23. The van der Waals surface area contributed by atoms with Crippen molar-refractivity contribution in [3.05, 3.63) is 82.4 Å². The zero-order chi connectivity index (χ0) is 23.7. The third-order valence-corrected chi connectivity index (χ3v) is 5.98. The summed E-state index contributed by atoms with van der Waals surface area (Å²) in [5, 5.41) is 7.43. The quantitative estimate of drug-likeness (QED) is 0.456. The van der Waals surface area contributed by atoms with Gasteiger partial charge in [-0.3, -0.25) is 9.59 Å². The molecular formula is C26H26N4O4. The van der Waals surface area contributed by atoms with Gasteiger partial charge in [-0.25, -0.2) is 4.52 Å². The lowest BCUT2D eigenvalue weighted by atomic mass is 10.0. The molecule has 0 saturated heterocycles. The van der Waals surface area contributed by atoms with Crippen molar-refractivity contribution in [3.8, 4) is 22.8 Å². The molecule has 1 aliphatic rings. The highest BCUT2D eigenvalue weighted by molar-refractivity contribution is 5.75. The third kappa shape index (κ3) is 4.39. The van der Waals surface area contributed by atoms with Crippen LogP contribution in [0.2, 0.25) is 0 Å². The van der Waals surface area contributed by atoms with Crippen LogP contribution in [0.5, 0.6) is 11.5 Å². The summed E-state index contributed by atoms with van der Waals surface area (Å²) in [6.07, 6.45) is 3.60. The molecule has 1 aliphatic heterocycles. The number of aryl methyl sites for hydroxylation is 1. The van der Waals surface area contributed by atoms with Gasteiger partial charge in [-0.05, 0) is 35.2 Å². The van der Waals surface area contributed by atoms with E-state index in [1.165, 1.54) is 5.56 Å². The number of ether oxygens (including phenoxy) is 2. The molecule has 0 atom stereocenters. The maximum atomic E-state index is 13.0. The van der Waals surface area contributed by atoms with Gasteiger partial charge in [-0.15, -0.1) is 0 Å². The van der Waals surface area contributed by atoms with Crippen molar-refractivity contribution in [2.45, 2.75) is 39.3 Å². The number of hydrogen-bond donors (Lipinski definition) is 1. The van der Waals surface area contributed by atoms with Gasteiger partial charge in [-0.2, -0.15) is 5.10 Å². The molecule has 0 fully saturated rings. The van der Waals surface area contributed by atoms with Crippen molar-refractivity contribution in [1.82, 2.24) is 19.5 Å². The Morgan fingerprint density at radius 3 is 2.65 bits per heavy atom. The SMILES string of the molecule is CC(C)c1ccc(-c2cc3c(=O)n(CCC(=O)NCc4ccc5c(c4)OCO5)ccn3n2)cc1. The Morgan fingerprint density at radius 1 is 1.06 bits per heavy atom. The number of nitrogens with zero attached hydrogens (tertiary/aromatic N) is 3. The first kappa shape index (κ1) is 21.8. The number of carbonyl (C=O) groups excluding carboxylic acids is 1. The predicted octanol–water partition coefficient (Wildman–Crippen LogP) is 3.72. The predicted molar refractivity (Wildman–Crippen MR) is 128 cm³/mol. The molecule has 0 unspecified atom stereocenters. The van der Waals surface area contributed by atoms with E-state index in [0.29, 0.717) is 29.5 Å². The van der Waals surface area contributed by atoms with Gasteiger partial charge in [0.2, 0.25) is 12.7 Å². The molecule has 34 heavy (non-hydrogen) atoms. The molecule has 2 aromatic carbocycles. The van der Waals surface area contributed by atoms with Crippen LogP contribution in [0.15, 0.2) is 65.7 Å². The van der Waals surface area contributed by atoms with Crippen LogP contribution in [0.25, 0.3) is 16.8 Å². The molecule has 5 rings (SSSR count). The average molecular weight is 459 g/mol. The number of amides is 1. The van der Waals surface area contributed by atoms with Crippen molar-refractivity contribution in [1.29, 1.82) is 0 Å². The van der Waals surface area contributed by atoms with Gasteiger partial charge in [-0.1, -0.05) is 44.2 Å². The van der Waals surface area contributed by atoms with E-state index >= 15 is 0 Å². The first-order valence-electron chi connectivity index (χ1n) is 11.3. The van der Waals surface area contributed by atoms with Crippen LogP contribution in [0, 0.1) is 0 Å². The number of nitrogens with one attached hydrogen (secondary N) is 1. The van der Waals surface area contributed by atoms with Gasteiger partial charge in [0.05, 0.1) is 5.69 Å². The molecule has 0 spiro atoms. The second-order valence-electron chi connectivity index (χ2n) is 8.65. The second-order valence-corrected chi connectivity index (χ2v) is 8.65. The van der Waals surface area contributed by atoms with Crippen molar-refractivity contribution < 1.29 is 14.3 Å². The van der Waals surface area contributed by atoms with E-state index < -0.39 is 0 Å². The van der Waals surface area contributed by atoms with E-state index in [-0.39, 0.29) is 31.2 Å². The molecule has 0 saturated carbocycles. The van der Waals surface area contributed by atoms with Crippen LogP contribution >= 0.6 is 0 Å². The average Bonchev–Trinajstić information content (AvgIpc) is 3.49. The summed E-state index contributed by atoms with van der Waals surface area (Å²) < 4.78 is 13.8. The highest BCUT2D eigenvalue weighted by atomic mass is 16.7. The summed E-state index contributed by atoms with van der Waals surface area (Å²) in [6, 6.07) is 15.6. The topological polar surface area (TPSA) is 86.9 Å². The number of aromatic nitrogens is 3. The fraction of sp³-hybridized carbons (Fsp3) is 0.269. The highest BCUT2D eigenvalue weighted by Crippen LogP contribution is 2.32. The second kappa shape index (κ2) is 9.05. The number of carbonyl (C=O) groups is 1. The van der Waals surface area contributed by atoms with Crippen LogP contribution in [0.3, 0.4) is 0 Å². The summed E-state index contributed by atoms with van der Waals surface area (Å²) >= 11 is 0. The number of fused-ring (bicyclic) bond motifs is 2. The molecule has 3 heterocycles. The maximum Gasteiger partial charge on any atom is 0.276 e. The van der Waals surface area contributed by atoms with Gasteiger partial charge in [0.25, 0.3) is 5.56 Å². The smallest absolute Gasteiger partial charge is 0.276 e. The summed E-state index contributed by atoms with van der Waals surface area (Å²) in [4.78, 5) is 25.3. The van der Waals surface area contributed by atoms with E-state index in [2.05, 4.69) is 36.4 Å². The Bertz CT molecular complexity index is 1400. The minimum absolute atomic E-state index is 0.135. The van der Waals surface area contributed by atoms with E-state index in [1.807, 2.05) is 30.3 Å². The van der Waals surface area contributed by atoms with Gasteiger partial charge < -0.3 is 19.4 Å². The van der Waals surface area contributed by atoms with Crippen LogP contribution in [0.1, 0.15) is 37.3 Å². The number of hydrogen-bond acceptors (Lipinski definition) is 5. The van der Waals surface area contributed by atoms with Crippen molar-refractivity contribution in [2.75, 3.05) is 6.79 Å². The van der Waals surface area contributed by atoms with E-state index in [4.69, 9.17) is 9.47 Å². The Morgan fingerprint density at radius 2 is 1.85 bits per heavy atom. The molecule has 0 bridgehead atoms. The van der Waals surface area contributed by atoms with Crippen LogP contribution < -0.4 is 20.3 Å². The highest BCUT2D eigenvalue weighted by Gasteiger charge is 2.14. The molecule has 0 radical (unpaired) electrons. The standard InChI is InChI=1S/C26H26N4O4/c1-17(2)19-4-6-20(7-5-19)21-14-22-26(32)29(11-12-30(22)28-21)10-9-25(31)27-15-18-3-8-23-24(13-18)34-16-33-23/h3-8,11-14,17H,9-10,15-16H2,1-2H3,(H,27,31). The largest absolute Gasteiger partial charge is 0.454 e. The third-order valence-electron chi connectivity index (χ3n) is 5.98. The van der Waals surface area contributed by atoms with Gasteiger partial charge in [0, 0.05) is 37.5 Å². The van der Waals surface area contributed by atoms with Gasteiger partial charge in [0.1, 0.15) is 5.52 Å². The zero-order valence-electron chi connectivity index (χ0n) is 19.2. The van der Waals surface area contributed by atoms with E-state index in [1.54, 1.807) is 27.5 Å². The van der Waals surface area contributed by atoms with E-state index in [9.17, 15) is 9.59 Å². The van der Waals surface area contributed by atoms with Crippen molar-refractivity contribution >= 4 is 11.4 Å². The normalized spacial score (nSPS) is 12.4. The maximum absolute atomic E-state index is 13.0. The number of rotatable bonds is 7. The Labute approximate surface area is 196 Å². The first-order chi connectivity index (χ1) is 16.5. The van der Waals surface area contributed by atoms with Crippen LogP contribution in [-0.4, -0.2) is 26.9 Å². The van der Waals surface area contributed by atoms with Crippen molar-refractivity contribution in [2.24, 2.45) is 0 Å². The van der Waals surface area contributed by atoms with Gasteiger partial charge in [0.15, 0.2) is 11.5 Å². The first-order valence-corrected chi connectivity index (χ1v) is 11.3. The Hall–Kier alpha value is -4.07. The minimum atomic E-state index is -0.177. The molecule has 2 aromatic heterocycles. The molecular weight excluding hydrogens is 432 g/mol. The summed E-state index contributed by atoms with van der Waals surface area (Å²) in [6.45, 7) is 5.18. The zero-order valence-corrected chi connectivity index (χ0v) is 19.2. The fourth-order valence-electron chi connectivity index (χ4n) is 3.94. The number of benzene rings is 2. The van der Waals surface area contributed by atoms with Crippen molar-refractivity contribution in [3.63, 3.8) is 0 Å². The molecule has 0 aliphatic carbocycles. The van der Waals surface area contributed by atoms with Crippen LogP contribution in [-0.2, 0) is 17.9 Å². The minimum Gasteiger partial charge on any atom is -0.454 e. The summed E-state index contributed by atoms with van der Waals surface area (Å²) in [5.41, 5.74) is 4.18. The van der Waals surface area contributed by atoms with E-state index in [0.717, 1.165) is 16.8 Å². The fourth-order valence-corrected chi connectivity index (χ4v) is 3.94. The summed E-state index contributed by atoms with van der Waals surface area (Å²) in [5.74, 6) is 1.71. The molecule has 174 valence electrons. The lowest BCUT2D eigenvalue weighted by Crippen LogP contribution is -2.27. The van der Waals surface area contributed by atoms with Gasteiger partial charge >= 0.3 is 0 Å². The lowest BCUT2D eigenvalue weighted by Gasteiger charge is -2.08. The Kier molecular flexibility index (Phi) is 5.79. The summed E-state index contributed by atoms with van der Waals surface area (Å²) in [7, 11) is 0. The molecule has 1 amide bonds. The molecule has 4 aromatic rings. The monoisotopic (exact) mass is 458 g/mol. The molecule has 8 nitrogen and oxygen atoms in total. The lowest BCUT2D eigenvalue weighted by molar-refractivity contribution is -0.121.